The summed E-state index contributed by atoms with van der Waals surface area (Å²) in [6.07, 6.45) is 2.25. The van der Waals surface area contributed by atoms with Gasteiger partial charge in [0, 0.05) is 38.7 Å². The molecular weight excluding hydrogens is 260 g/mol. The molecule has 2 amide bonds. The van der Waals surface area contributed by atoms with E-state index < -0.39 is 5.97 Å². The minimum Gasteiger partial charge on any atom is -0.481 e. The summed E-state index contributed by atoms with van der Waals surface area (Å²) in [6.45, 7) is 6.86. The summed E-state index contributed by atoms with van der Waals surface area (Å²) < 4.78 is 5.57. The van der Waals surface area contributed by atoms with Gasteiger partial charge in [0.1, 0.15) is 0 Å². The van der Waals surface area contributed by atoms with Crippen molar-refractivity contribution in [3.8, 4) is 0 Å². The lowest BCUT2D eigenvalue weighted by Crippen LogP contribution is -2.58. The van der Waals surface area contributed by atoms with Gasteiger partial charge in [0.15, 0.2) is 0 Å². The van der Waals surface area contributed by atoms with E-state index in [2.05, 4.69) is 0 Å². The Labute approximate surface area is 119 Å². The SMILES string of the molecule is CCN(CC1CCCO1)C(=O)N1CC(C(C)C(=O)O)C1. The molecule has 2 aliphatic heterocycles. The number of nitrogens with zero attached hydrogens (tertiary/aromatic N) is 2. The normalized spacial score (nSPS) is 24.3. The summed E-state index contributed by atoms with van der Waals surface area (Å²) in [5, 5.41) is 8.96. The minimum absolute atomic E-state index is 0.0110. The predicted molar refractivity (Wildman–Crippen MR) is 73.5 cm³/mol. The van der Waals surface area contributed by atoms with Gasteiger partial charge in [-0.1, -0.05) is 6.92 Å². The van der Waals surface area contributed by atoms with Crippen LogP contribution >= 0.6 is 0 Å². The van der Waals surface area contributed by atoms with Crippen molar-refractivity contribution in [1.82, 2.24) is 9.80 Å². The topological polar surface area (TPSA) is 70.1 Å². The average molecular weight is 284 g/mol. The number of hydrogen-bond donors (Lipinski definition) is 1. The Morgan fingerprint density at radius 3 is 2.65 bits per heavy atom. The third-order valence-corrected chi connectivity index (χ3v) is 4.38. The van der Waals surface area contributed by atoms with E-state index >= 15 is 0 Å². The Balaban J connectivity index is 1.80. The molecule has 1 N–H and O–H groups in total. The molecule has 6 nitrogen and oxygen atoms in total. The standard InChI is InChI=1S/C14H24N2O4/c1-3-15(9-12-5-4-6-20-12)14(19)16-7-11(8-16)10(2)13(17)18/h10-12H,3-9H2,1-2H3,(H,17,18). The largest absolute Gasteiger partial charge is 0.481 e. The number of carboxylic acids is 1. The lowest BCUT2D eigenvalue weighted by molar-refractivity contribution is -0.144. The zero-order valence-electron chi connectivity index (χ0n) is 12.2. The number of carbonyl (C=O) groups is 2. The maximum atomic E-state index is 12.3. The second-order valence-electron chi connectivity index (χ2n) is 5.75. The van der Waals surface area contributed by atoms with Crippen molar-refractivity contribution in [3.05, 3.63) is 0 Å². The molecule has 2 unspecified atom stereocenters. The lowest BCUT2D eigenvalue weighted by Gasteiger charge is -2.43. The highest BCUT2D eigenvalue weighted by Gasteiger charge is 2.38. The van der Waals surface area contributed by atoms with E-state index in [1.54, 1.807) is 16.7 Å². The third-order valence-electron chi connectivity index (χ3n) is 4.38. The van der Waals surface area contributed by atoms with Crippen LogP contribution in [0.4, 0.5) is 4.79 Å². The molecule has 2 aliphatic rings. The molecule has 0 aromatic rings. The second-order valence-corrected chi connectivity index (χ2v) is 5.75. The van der Waals surface area contributed by atoms with E-state index in [0.29, 0.717) is 26.2 Å². The Bertz CT molecular complexity index is 362. The molecule has 0 radical (unpaired) electrons. The van der Waals surface area contributed by atoms with Gasteiger partial charge in [-0.05, 0) is 19.8 Å². The molecule has 0 spiro atoms. The van der Waals surface area contributed by atoms with Gasteiger partial charge in [0.25, 0.3) is 0 Å². The van der Waals surface area contributed by atoms with Gasteiger partial charge in [-0.2, -0.15) is 0 Å². The van der Waals surface area contributed by atoms with Gasteiger partial charge >= 0.3 is 12.0 Å². The number of hydrogen-bond acceptors (Lipinski definition) is 3. The molecule has 20 heavy (non-hydrogen) atoms. The number of carboxylic acid groups (broad SMARTS) is 1. The summed E-state index contributed by atoms with van der Waals surface area (Å²) >= 11 is 0. The van der Waals surface area contributed by atoms with Gasteiger partial charge in [0.2, 0.25) is 0 Å². The Kier molecular flexibility index (Phi) is 4.86. The van der Waals surface area contributed by atoms with Crippen LogP contribution in [0.5, 0.6) is 0 Å². The van der Waals surface area contributed by atoms with E-state index in [-0.39, 0.29) is 24.0 Å². The molecule has 114 valence electrons. The molecule has 2 heterocycles. The van der Waals surface area contributed by atoms with Crippen LogP contribution < -0.4 is 0 Å². The first-order chi connectivity index (χ1) is 9.52. The summed E-state index contributed by atoms with van der Waals surface area (Å²) in [7, 11) is 0. The van der Waals surface area contributed by atoms with Gasteiger partial charge < -0.3 is 19.6 Å². The summed E-state index contributed by atoms with van der Waals surface area (Å²) in [5.74, 6) is -1.08. The maximum absolute atomic E-state index is 12.3. The fraction of sp³-hybridized carbons (Fsp3) is 0.857. The molecule has 0 aromatic carbocycles. The van der Waals surface area contributed by atoms with E-state index in [0.717, 1.165) is 19.4 Å². The number of carbonyl (C=O) groups excluding carboxylic acids is 1. The van der Waals surface area contributed by atoms with Crippen LogP contribution in [-0.4, -0.2) is 65.8 Å². The summed E-state index contributed by atoms with van der Waals surface area (Å²) in [6, 6.07) is 0.0110. The fourth-order valence-electron chi connectivity index (χ4n) is 2.76. The number of urea groups is 1. The number of likely N-dealkylation sites (tertiary alicyclic amines) is 1. The summed E-state index contributed by atoms with van der Waals surface area (Å²) in [4.78, 5) is 26.8. The molecule has 0 bridgehead atoms. The molecule has 2 saturated heterocycles. The number of ether oxygens (including phenoxy) is 1. The Morgan fingerprint density at radius 1 is 1.45 bits per heavy atom. The number of amides is 2. The maximum Gasteiger partial charge on any atom is 0.320 e. The number of rotatable bonds is 5. The second kappa shape index (κ2) is 6.43. The van der Waals surface area contributed by atoms with Crippen molar-refractivity contribution in [2.75, 3.05) is 32.8 Å². The lowest BCUT2D eigenvalue weighted by atomic mass is 9.87. The number of aliphatic carboxylic acids is 1. The van der Waals surface area contributed by atoms with Gasteiger partial charge in [-0.3, -0.25) is 4.79 Å². The van der Waals surface area contributed by atoms with Crippen LogP contribution in [0.1, 0.15) is 26.7 Å². The molecule has 2 atom stereocenters. The van der Waals surface area contributed by atoms with E-state index in [1.807, 2.05) is 6.92 Å². The first-order valence-electron chi connectivity index (χ1n) is 7.41. The minimum atomic E-state index is -0.784. The zero-order valence-corrected chi connectivity index (χ0v) is 12.2. The van der Waals surface area contributed by atoms with E-state index in [1.165, 1.54) is 0 Å². The zero-order chi connectivity index (χ0) is 14.7. The molecule has 6 heteroatoms. The molecular formula is C14H24N2O4. The van der Waals surface area contributed by atoms with Crippen LogP contribution in [0.3, 0.4) is 0 Å². The highest BCUT2D eigenvalue weighted by Crippen LogP contribution is 2.25. The highest BCUT2D eigenvalue weighted by molar-refractivity contribution is 5.76. The van der Waals surface area contributed by atoms with Crippen LogP contribution in [0.15, 0.2) is 0 Å². The first kappa shape index (κ1) is 15.1. The van der Waals surface area contributed by atoms with Gasteiger partial charge in [-0.15, -0.1) is 0 Å². The first-order valence-corrected chi connectivity index (χ1v) is 7.41. The van der Waals surface area contributed by atoms with Crippen LogP contribution in [0.2, 0.25) is 0 Å². The van der Waals surface area contributed by atoms with Crippen molar-refractivity contribution in [2.24, 2.45) is 11.8 Å². The fourth-order valence-corrected chi connectivity index (χ4v) is 2.76. The Morgan fingerprint density at radius 2 is 2.15 bits per heavy atom. The van der Waals surface area contributed by atoms with Crippen molar-refractivity contribution in [2.45, 2.75) is 32.8 Å². The molecule has 2 rings (SSSR count). The predicted octanol–water partition coefficient (Wildman–Crippen LogP) is 1.26. The molecule has 0 aliphatic carbocycles. The summed E-state index contributed by atoms with van der Waals surface area (Å²) in [5.41, 5.74) is 0. The Hall–Kier alpha value is -1.30. The number of likely N-dealkylation sites (N-methyl/N-ethyl adjacent to an activating group) is 1. The van der Waals surface area contributed by atoms with Crippen LogP contribution in [-0.2, 0) is 9.53 Å². The van der Waals surface area contributed by atoms with Gasteiger partial charge in [-0.25, -0.2) is 4.79 Å². The quantitative estimate of drug-likeness (QED) is 0.825. The molecule has 2 fully saturated rings. The van der Waals surface area contributed by atoms with E-state index in [9.17, 15) is 9.59 Å². The molecule has 0 saturated carbocycles. The van der Waals surface area contributed by atoms with Gasteiger partial charge in [0.05, 0.1) is 12.0 Å². The van der Waals surface area contributed by atoms with Crippen molar-refractivity contribution >= 4 is 12.0 Å². The van der Waals surface area contributed by atoms with Crippen LogP contribution in [0.25, 0.3) is 0 Å². The van der Waals surface area contributed by atoms with Crippen molar-refractivity contribution in [1.29, 1.82) is 0 Å². The highest BCUT2D eigenvalue weighted by atomic mass is 16.5. The average Bonchev–Trinajstić information content (AvgIpc) is 2.86. The van der Waals surface area contributed by atoms with E-state index in [4.69, 9.17) is 9.84 Å². The molecule has 0 aromatic heterocycles. The monoisotopic (exact) mass is 284 g/mol. The van der Waals surface area contributed by atoms with Crippen molar-refractivity contribution in [3.63, 3.8) is 0 Å². The van der Waals surface area contributed by atoms with Crippen LogP contribution in [0, 0.1) is 11.8 Å². The smallest absolute Gasteiger partial charge is 0.320 e. The third kappa shape index (κ3) is 3.23. The van der Waals surface area contributed by atoms with Crippen molar-refractivity contribution < 1.29 is 19.4 Å².